The number of carbonyl (C=O) groups is 2. The Kier molecular flexibility index (Phi) is 8.40. The molecule has 0 aliphatic carbocycles. The van der Waals surface area contributed by atoms with Crippen LogP contribution in [0.25, 0.3) is 0 Å². The third-order valence-corrected chi connectivity index (χ3v) is 2.62. The van der Waals surface area contributed by atoms with Crippen molar-refractivity contribution < 1.29 is 19.4 Å². The number of ether oxygens (including phenoxy) is 1. The molecular formula is C12H23NO4. The minimum absolute atomic E-state index is 0.0992. The van der Waals surface area contributed by atoms with Crippen LogP contribution in [0.5, 0.6) is 0 Å². The minimum atomic E-state index is -0.989. The van der Waals surface area contributed by atoms with Gasteiger partial charge in [0, 0.05) is 19.6 Å². The number of carboxylic acid groups (broad SMARTS) is 1. The van der Waals surface area contributed by atoms with Crippen molar-refractivity contribution in [3.63, 3.8) is 0 Å². The standard InChI is InChI=1S/C12H23NO4/c1-4-5-6-10(2)12(16)13(7-8-17-3)9-11(14)15/h10H,4-9H2,1-3H3,(H,14,15). The Morgan fingerprint density at radius 1 is 1.41 bits per heavy atom. The van der Waals surface area contributed by atoms with E-state index in [2.05, 4.69) is 6.92 Å². The Labute approximate surface area is 103 Å². The summed E-state index contributed by atoms with van der Waals surface area (Å²) in [5.41, 5.74) is 0. The normalized spacial score (nSPS) is 12.2. The van der Waals surface area contributed by atoms with Crippen LogP contribution < -0.4 is 0 Å². The van der Waals surface area contributed by atoms with Gasteiger partial charge in [-0.15, -0.1) is 0 Å². The third-order valence-electron chi connectivity index (χ3n) is 2.62. The van der Waals surface area contributed by atoms with Crippen molar-refractivity contribution in [2.24, 2.45) is 5.92 Å². The van der Waals surface area contributed by atoms with Gasteiger partial charge in [0.15, 0.2) is 0 Å². The molecule has 0 saturated carbocycles. The molecule has 17 heavy (non-hydrogen) atoms. The maximum absolute atomic E-state index is 12.0. The van der Waals surface area contributed by atoms with Gasteiger partial charge in [-0.05, 0) is 6.42 Å². The van der Waals surface area contributed by atoms with E-state index in [1.54, 1.807) is 0 Å². The van der Waals surface area contributed by atoms with Crippen LogP contribution in [0.2, 0.25) is 0 Å². The summed E-state index contributed by atoms with van der Waals surface area (Å²) in [6, 6.07) is 0. The van der Waals surface area contributed by atoms with E-state index < -0.39 is 5.97 Å². The molecule has 0 rings (SSSR count). The molecule has 0 radical (unpaired) electrons. The Balaban J connectivity index is 4.33. The lowest BCUT2D eigenvalue weighted by Crippen LogP contribution is -2.40. The number of carboxylic acids is 1. The summed E-state index contributed by atoms with van der Waals surface area (Å²) in [5.74, 6) is -1.21. The first-order chi connectivity index (χ1) is 8.02. The van der Waals surface area contributed by atoms with E-state index in [-0.39, 0.29) is 18.4 Å². The summed E-state index contributed by atoms with van der Waals surface area (Å²) in [6.07, 6.45) is 2.82. The smallest absolute Gasteiger partial charge is 0.323 e. The van der Waals surface area contributed by atoms with Crippen molar-refractivity contribution in [2.75, 3.05) is 26.8 Å². The Bertz CT molecular complexity index is 243. The lowest BCUT2D eigenvalue weighted by Gasteiger charge is -2.23. The molecule has 1 unspecified atom stereocenters. The fraction of sp³-hybridized carbons (Fsp3) is 0.833. The second kappa shape index (κ2) is 8.98. The van der Waals surface area contributed by atoms with Gasteiger partial charge in [0.05, 0.1) is 6.61 Å². The molecular weight excluding hydrogens is 222 g/mol. The fourth-order valence-electron chi connectivity index (χ4n) is 1.58. The van der Waals surface area contributed by atoms with E-state index in [0.29, 0.717) is 13.2 Å². The van der Waals surface area contributed by atoms with Gasteiger partial charge in [0.2, 0.25) is 5.91 Å². The van der Waals surface area contributed by atoms with Crippen LogP contribution in [-0.2, 0) is 14.3 Å². The summed E-state index contributed by atoms with van der Waals surface area (Å²) in [6.45, 7) is 4.35. The molecule has 5 heteroatoms. The van der Waals surface area contributed by atoms with Crippen LogP contribution in [0.15, 0.2) is 0 Å². The van der Waals surface area contributed by atoms with E-state index in [0.717, 1.165) is 19.3 Å². The van der Waals surface area contributed by atoms with E-state index >= 15 is 0 Å². The number of hydrogen-bond donors (Lipinski definition) is 1. The molecule has 0 fully saturated rings. The van der Waals surface area contributed by atoms with Crippen LogP contribution in [0.1, 0.15) is 33.1 Å². The average Bonchev–Trinajstić information content (AvgIpc) is 2.29. The molecule has 1 N–H and O–H groups in total. The van der Waals surface area contributed by atoms with Gasteiger partial charge in [0.1, 0.15) is 6.54 Å². The number of methoxy groups -OCH3 is 1. The summed E-state index contributed by atoms with van der Waals surface area (Å²) in [5, 5.41) is 8.76. The molecule has 100 valence electrons. The molecule has 1 amide bonds. The van der Waals surface area contributed by atoms with Gasteiger partial charge >= 0.3 is 5.97 Å². The Morgan fingerprint density at radius 2 is 2.06 bits per heavy atom. The zero-order valence-electron chi connectivity index (χ0n) is 10.9. The Morgan fingerprint density at radius 3 is 2.53 bits per heavy atom. The summed E-state index contributed by atoms with van der Waals surface area (Å²) in [7, 11) is 1.53. The molecule has 0 bridgehead atoms. The number of hydrogen-bond acceptors (Lipinski definition) is 3. The van der Waals surface area contributed by atoms with Crippen LogP contribution in [-0.4, -0.2) is 48.7 Å². The number of nitrogens with zero attached hydrogens (tertiary/aromatic N) is 1. The number of unbranched alkanes of at least 4 members (excludes halogenated alkanes) is 1. The third kappa shape index (κ3) is 6.94. The topological polar surface area (TPSA) is 66.8 Å². The highest BCUT2D eigenvalue weighted by Crippen LogP contribution is 2.11. The first-order valence-corrected chi connectivity index (χ1v) is 6.02. The van der Waals surface area contributed by atoms with E-state index in [4.69, 9.17) is 9.84 Å². The highest BCUT2D eigenvalue weighted by atomic mass is 16.5. The van der Waals surface area contributed by atoms with E-state index in [1.807, 2.05) is 6.92 Å². The lowest BCUT2D eigenvalue weighted by atomic mass is 10.0. The molecule has 0 aromatic rings. The molecule has 0 aliphatic heterocycles. The molecule has 0 saturated heterocycles. The van der Waals surface area contributed by atoms with Crippen molar-refractivity contribution in [3.8, 4) is 0 Å². The predicted octanol–water partition coefficient (Wildman–Crippen LogP) is 1.37. The maximum atomic E-state index is 12.0. The van der Waals surface area contributed by atoms with E-state index in [9.17, 15) is 9.59 Å². The summed E-state index contributed by atoms with van der Waals surface area (Å²) >= 11 is 0. The zero-order chi connectivity index (χ0) is 13.3. The van der Waals surface area contributed by atoms with Crippen molar-refractivity contribution in [3.05, 3.63) is 0 Å². The molecule has 0 aromatic heterocycles. The van der Waals surface area contributed by atoms with Crippen molar-refractivity contribution in [1.82, 2.24) is 4.90 Å². The minimum Gasteiger partial charge on any atom is -0.480 e. The number of amides is 1. The molecule has 0 spiro atoms. The van der Waals surface area contributed by atoms with Gasteiger partial charge in [-0.25, -0.2) is 0 Å². The second-order valence-electron chi connectivity index (χ2n) is 4.19. The Hall–Kier alpha value is -1.10. The maximum Gasteiger partial charge on any atom is 0.323 e. The first-order valence-electron chi connectivity index (χ1n) is 6.02. The number of rotatable bonds is 9. The van der Waals surface area contributed by atoms with Crippen molar-refractivity contribution >= 4 is 11.9 Å². The van der Waals surface area contributed by atoms with Gasteiger partial charge < -0.3 is 14.7 Å². The monoisotopic (exact) mass is 245 g/mol. The highest BCUT2D eigenvalue weighted by molar-refractivity contribution is 5.82. The summed E-state index contributed by atoms with van der Waals surface area (Å²) < 4.78 is 4.88. The number of carbonyl (C=O) groups excluding carboxylic acids is 1. The lowest BCUT2D eigenvalue weighted by molar-refractivity contribution is -0.146. The SMILES string of the molecule is CCCCC(C)C(=O)N(CCOC)CC(=O)O. The molecule has 5 nitrogen and oxygen atoms in total. The quantitative estimate of drug-likeness (QED) is 0.666. The van der Waals surface area contributed by atoms with Crippen LogP contribution in [0, 0.1) is 5.92 Å². The second-order valence-corrected chi connectivity index (χ2v) is 4.19. The molecule has 1 atom stereocenters. The van der Waals surface area contributed by atoms with Crippen LogP contribution >= 0.6 is 0 Å². The van der Waals surface area contributed by atoms with Gasteiger partial charge in [-0.1, -0.05) is 26.7 Å². The largest absolute Gasteiger partial charge is 0.480 e. The fourth-order valence-corrected chi connectivity index (χ4v) is 1.58. The van der Waals surface area contributed by atoms with Gasteiger partial charge in [-0.3, -0.25) is 9.59 Å². The van der Waals surface area contributed by atoms with Crippen molar-refractivity contribution in [1.29, 1.82) is 0 Å². The van der Waals surface area contributed by atoms with Gasteiger partial charge in [0.25, 0.3) is 0 Å². The first kappa shape index (κ1) is 15.9. The predicted molar refractivity (Wildman–Crippen MR) is 64.8 cm³/mol. The highest BCUT2D eigenvalue weighted by Gasteiger charge is 2.21. The van der Waals surface area contributed by atoms with Gasteiger partial charge in [-0.2, -0.15) is 0 Å². The van der Waals surface area contributed by atoms with Crippen LogP contribution in [0.3, 0.4) is 0 Å². The average molecular weight is 245 g/mol. The van der Waals surface area contributed by atoms with Crippen molar-refractivity contribution in [2.45, 2.75) is 33.1 Å². The summed E-state index contributed by atoms with van der Waals surface area (Å²) in [4.78, 5) is 24.0. The number of aliphatic carboxylic acids is 1. The molecule has 0 aliphatic rings. The van der Waals surface area contributed by atoms with Crippen LogP contribution in [0.4, 0.5) is 0 Å². The molecule has 0 heterocycles. The zero-order valence-corrected chi connectivity index (χ0v) is 10.9. The van der Waals surface area contributed by atoms with E-state index in [1.165, 1.54) is 12.0 Å². The molecule has 0 aromatic carbocycles.